The van der Waals surface area contributed by atoms with Crippen molar-refractivity contribution in [3.63, 3.8) is 0 Å². The highest BCUT2D eigenvalue weighted by molar-refractivity contribution is 5.88. The maximum Gasteiger partial charge on any atom is 0.347 e. The summed E-state index contributed by atoms with van der Waals surface area (Å²) in [4.78, 5) is 22.3. The minimum absolute atomic E-state index is 0.383. The van der Waals surface area contributed by atoms with Crippen LogP contribution >= 0.6 is 0 Å². The fourth-order valence-corrected chi connectivity index (χ4v) is 5.19. The zero-order valence-electron chi connectivity index (χ0n) is 17.9. The van der Waals surface area contributed by atoms with Gasteiger partial charge in [-0.1, -0.05) is 0 Å². The summed E-state index contributed by atoms with van der Waals surface area (Å²) in [5, 5.41) is 1.84. The van der Waals surface area contributed by atoms with E-state index >= 15 is 0 Å². The number of nitrogens with zero attached hydrogens (tertiary/aromatic N) is 3. The number of aromatic nitrogens is 1. The predicted octanol–water partition coefficient (Wildman–Crippen LogP) is 4.50. The third-order valence-electron chi connectivity index (χ3n) is 6.74. The van der Waals surface area contributed by atoms with Gasteiger partial charge in [0.25, 0.3) is 0 Å². The molecule has 2 aliphatic rings. The Morgan fingerprint density at radius 2 is 1.90 bits per heavy atom. The molecule has 6 heteroatoms. The molecule has 0 saturated carbocycles. The van der Waals surface area contributed by atoms with Gasteiger partial charge in [-0.15, -0.1) is 0 Å². The molecule has 2 fully saturated rings. The smallest absolute Gasteiger partial charge is 0.347 e. The molecule has 3 aromatic heterocycles. The summed E-state index contributed by atoms with van der Waals surface area (Å²) in [6, 6.07) is 12.5. The number of pyridine rings is 1. The summed E-state index contributed by atoms with van der Waals surface area (Å²) in [5.41, 5.74) is 4.24. The molecule has 6 rings (SSSR count). The first kappa shape index (κ1) is 18.6. The number of anilines is 1. The van der Waals surface area contributed by atoms with E-state index < -0.39 is 0 Å². The van der Waals surface area contributed by atoms with E-state index in [1.54, 1.807) is 0 Å². The molecule has 2 aliphatic heterocycles. The van der Waals surface area contributed by atoms with Gasteiger partial charge in [0.2, 0.25) is 0 Å². The van der Waals surface area contributed by atoms with Gasteiger partial charge in [-0.25, -0.2) is 4.79 Å². The topological polar surface area (TPSA) is 62.7 Å². The van der Waals surface area contributed by atoms with Crippen molar-refractivity contribution >= 4 is 27.6 Å². The fourth-order valence-electron chi connectivity index (χ4n) is 5.19. The van der Waals surface area contributed by atoms with Gasteiger partial charge in [-0.3, -0.25) is 9.88 Å². The minimum Gasteiger partial charge on any atom is -0.454 e. The van der Waals surface area contributed by atoms with Crippen molar-refractivity contribution < 1.29 is 8.83 Å². The first-order valence-corrected chi connectivity index (χ1v) is 11.0. The van der Waals surface area contributed by atoms with E-state index in [0.717, 1.165) is 47.5 Å². The number of fused-ring (bicyclic) bond motifs is 3. The Kier molecular flexibility index (Phi) is 4.18. The molecule has 0 N–H and O–H groups in total. The minimum atomic E-state index is -0.383. The number of aryl methyl sites for hydroxylation is 2. The van der Waals surface area contributed by atoms with Crippen LogP contribution in [0.5, 0.6) is 0 Å². The molecule has 0 bridgehead atoms. The van der Waals surface area contributed by atoms with Crippen molar-refractivity contribution in [3.05, 3.63) is 58.2 Å². The van der Waals surface area contributed by atoms with Crippen LogP contribution in [0.2, 0.25) is 0 Å². The van der Waals surface area contributed by atoms with Crippen LogP contribution in [0.1, 0.15) is 24.2 Å². The second-order valence-corrected chi connectivity index (χ2v) is 8.83. The molecule has 31 heavy (non-hydrogen) atoms. The maximum atomic E-state index is 12.8. The van der Waals surface area contributed by atoms with Gasteiger partial charge in [0.15, 0.2) is 5.58 Å². The quantitative estimate of drug-likeness (QED) is 0.449. The molecule has 0 spiro atoms. The van der Waals surface area contributed by atoms with Gasteiger partial charge < -0.3 is 13.7 Å². The average molecular weight is 415 g/mol. The predicted molar refractivity (Wildman–Crippen MR) is 122 cm³/mol. The molecule has 158 valence electrons. The van der Waals surface area contributed by atoms with Crippen LogP contribution in [0.4, 0.5) is 5.69 Å². The zero-order chi connectivity index (χ0) is 21.1. The summed E-state index contributed by atoms with van der Waals surface area (Å²) in [6.45, 7) is 8.25. The molecule has 1 aromatic carbocycles. The number of hydrogen-bond donors (Lipinski definition) is 0. The Morgan fingerprint density at radius 3 is 2.81 bits per heavy atom. The molecule has 2 saturated heterocycles. The van der Waals surface area contributed by atoms with Crippen LogP contribution in [-0.2, 0) is 0 Å². The number of rotatable bonds is 2. The monoisotopic (exact) mass is 415 g/mol. The summed E-state index contributed by atoms with van der Waals surface area (Å²) < 4.78 is 11.7. The Bertz CT molecular complexity index is 1370. The van der Waals surface area contributed by atoms with E-state index in [4.69, 9.17) is 8.83 Å². The Labute approximate surface area is 180 Å². The van der Waals surface area contributed by atoms with Gasteiger partial charge in [0.05, 0.1) is 5.69 Å². The molecule has 5 heterocycles. The van der Waals surface area contributed by atoms with Gasteiger partial charge in [-0.2, -0.15) is 0 Å². The van der Waals surface area contributed by atoms with Crippen molar-refractivity contribution in [2.75, 3.05) is 31.1 Å². The van der Waals surface area contributed by atoms with E-state index in [2.05, 4.69) is 20.9 Å². The van der Waals surface area contributed by atoms with Gasteiger partial charge >= 0.3 is 5.63 Å². The second kappa shape index (κ2) is 6.95. The molecular weight excluding hydrogens is 390 g/mol. The summed E-state index contributed by atoms with van der Waals surface area (Å²) in [6.07, 6.45) is 2.57. The molecule has 4 aromatic rings. The van der Waals surface area contributed by atoms with Gasteiger partial charge in [-0.05, 0) is 63.6 Å². The lowest BCUT2D eigenvalue weighted by Crippen LogP contribution is -2.50. The standard InChI is InChI=1S/C25H25N3O3/c1-15-10-18-12-23(30-24(18)16(2)26-15)21-11-17-5-6-19(13-22(17)31-25(21)29)28-9-8-27-7-3-4-20(27)14-28/h5-6,10-13,20H,3-4,7-9,14H2,1-2H3/t20-/m0/s1. The first-order chi connectivity index (χ1) is 15.0. The highest BCUT2D eigenvalue weighted by Gasteiger charge is 2.30. The number of piperazine rings is 1. The van der Waals surface area contributed by atoms with Crippen LogP contribution in [0.3, 0.4) is 0 Å². The largest absolute Gasteiger partial charge is 0.454 e. The normalized spacial score (nSPS) is 19.4. The van der Waals surface area contributed by atoms with Crippen molar-refractivity contribution in [1.82, 2.24) is 9.88 Å². The van der Waals surface area contributed by atoms with E-state index in [0.29, 0.717) is 28.5 Å². The molecule has 6 nitrogen and oxygen atoms in total. The van der Waals surface area contributed by atoms with Crippen molar-refractivity contribution in [3.8, 4) is 11.3 Å². The van der Waals surface area contributed by atoms with E-state index in [1.165, 1.54) is 19.4 Å². The number of furan rings is 1. The molecule has 0 aliphatic carbocycles. The lowest BCUT2D eigenvalue weighted by Gasteiger charge is -2.38. The molecule has 0 radical (unpaired) electrons. The van der Waals surface area contributed by atoms with Gasteiger partial charge in [0.1, 0.15) is 16.9 Å². The third-order valence-corrected chi connectivity index (χ3v) is 6.74. The van der Waals surface area contributed by atoms with Crippen LogP contribution < -0.4 is 10.5 Å². The lowest BCUT2D eigenvalue weighted by molar-refractivity contribution is 0.231. The van der Waals surface area contributed by atoms with Crippen LogP contribution in [0.25, 0.3) is 33.3 Å². The third kappa shape index (κ3) is 3.13. The summed E-state index contributed by atoms with van der Waals surface area (Å²) in [5.74, 6) is 0.516. The highest BCUT2D eigenvalue weighted by atomic mass is 16.4. The van der Waals surface area contributed by atoms with Crippen molar-refractivity contribution in [2.24, 2.45) is 0 Å². The zero-order valence-corrected chi connectivity index (χ0v) is 17.9. The Hall–Kier alpha value is -3.12. The van der Waals surface area contributed by atoms with Crippen LogP contribution in [-0.4, -0.2) is 42.1 Å². The van der Waals surface area contributed by atoms with E-state index in [1.807, 2.05) is 44.2 Å². The van der Waals surface area contributed by atoms with E-state index in [-0.39, 0.29) is 5.63 Å². The summed E-state index contributed by atoms with van der Waals surface area (Å²) >= 11 is 0. The first-order valence-electron chi connectivity index (χ1n) is 11.0. The van der Waals surface area contributed by atoms with Gasteiger partial charge in [0, 0.05) is 53.9 Å². The van der Waals surface area contributed by atoms with Crippen molar-refractivity contribution in [2.45, 2.75) is 32.7 Å². The molecule has 0 unspecified atom stereocenters. The molecular formula is C25H25N3O3. The molecule has 1 atom stereocenters. The molecule has 0 amide bonds. The fraction of sp³-hybridized carbons (Fsp3) is 0.360. The maximum absolute atomic E-state index is 12.8. The van der Waals surface area contributed by atoms with Crippen LogP contribution in [0, 0.1) is 13.8 Å². The Balaban J connectivity index is 1.37. The van der Waals surface area contributed by atoms with Crippen molar-refractivity contribution in [1.29, 1.82) is 0 Å². The summed E-state index contributed by atoms with van der Waals surface area (Å²) in [7, 11) is 0. The number of hydrogen-bond acceptors (Lipinski definition) is 6. The van der Waals surface area contributed by atoms with E-state index in [9.17, 15) is 4.79 Å². The Morgan fingerprint density at radius 1 is 1.00 bits per heavy atom. The second-order valence-electron chi connectivity index (χ2n) is 8.83. The SMILES string of the molecule is Cc1cc2cc(-c3cc4ccc(N5CCN6CCC[C@H]6C5)cc4oc3=O)oc2c(C)n1. The number of benzene rings is 1. The van der Waals surface area contributed by atoms with Crippen LogP contribution in [0.15, 0.2) is 50.0 Å². The highest BCUT2D eigenvalue weighted by Crippen LogP contribution is 2.31. The average Bonchev–Trinajstić information content (AvgIpc) is 3.39. The lowest BCUT2D eigenvalue weighted by atomic mass is 10.1.